The normalized spacial score (nSPS) is 18.0. The van der Waals surface area contributed by atoms with E-state index in [1.54, 1.807) is 13.8 Å². The van der Waals surface area contributed by atoms with E-state index in [1.165, 1.54) is 6.92 Å². The molecule has 0 N–H and O–H groups in total. The number of rotatable bonds is 2. The fraction of sp³-hybridized carbons (Fsp3) is 0.556. The molecule has 1 aliphatic rings. The lowest BCUT2D eigenvalue weighted by molar-refractivity contribution is 0.470. The summed E-state index contributed by atoms with van der Waals surface area (Å²) < 4.78 is 43.0. The van der Waals surface area contributed by atoms with Crippen LogP contribution in [0, 0.1) is 24.4 Å². The van der Waals surface area contributed by atoms with Gasteiger partial charge < -0.3 is 4.90 Å². The topological polar surface area (TPSA) is 3.24 Å². The fourth-order valence-electron chi connectivity index (χ4n) is 2.98. The first-order chi connectivity index (χ1) is 10.4. The van der Waals surface area contributed by atoms with Gasteiger partial charge in [0, 0.05) is 24.2 Å². The number of hydrogen-bond acceptors (Lipinski definition) is 1. The molecule has 0 saturated heterocycles. The van der Waals surface area contributed by atoms with E-state index in [2.05, 4.69) is 12.2 Å². The third kappa shape index (κ3) is 3.31. The Balaban J connectivity index is 2.53. The largest absolute Gasteiger partial charge is 0.369 e. The van der Waals surface area contributed by atoms with E-state index >= 15 is 0 Å². The highest BCUT2D eigenvalue weighted by Gasteiger charge is 2.27. The minimum Gasteiger partial charge on any atom is -0.369 e. The molecule has 1 nitrogen and oxygen atoms in total. The molecule has 0 bridgehead atoms. The van der Waals surface area contributed by atoms with Gasteiger partial charge >= 0.3 is 0 Å². The molecular formula is C18H24F3N. The van der Waals surface area contributed by atoms with Crippen LogP contribution in [-0.4, -0.2) is 13.1 Å². The van der Waals surface area contributed by atoms with Gasteiger partial charge in [0.15, 0.2) is 17.5 Å². The Kier molecular flexibility index (Phi) is 5.54. The lowest BCUT2D eigenvalue weighted by Gasteiger charge is -2.29. The lowest BCUT2D eigenvalue weighted by atomic mass is 9.96. The van der Waals surface area contributed by atoms with Crippen LogP contribution in [0.25, 0.3) is 0 Å². The summed E-state index contributed by atoms with van der Waals surface area (Å²) in [5, 5.41) is 0. The Hall–Kier alpha value is -1.45. The molecule has 0 fully saturated rings. The molecule has 0 spiro atoms. The molecule has 0 unspecified atom stereocenters. The summed E-state index contributed by atoms with van der Waals surface area (Å²) in [4.78, 5) is 1.88. The molecule has 1 heterocycles. The van der Waals surface area contributed by atoms with E-state index in [1.807, 2.05) is 4.90 Å². The van der Waals surface area contributed by atoms with Crippen molar-refractivity contribution >= 4 is 5.69 Å². The minimum atomic E-state index is -1.06. The Morgan fingerprint density at radius 1 is 0.909 bits per heavy atom. The summed E-state index contributed by atoms with van der Waals surface area (Å²) in [6.45, 7) is 6.14. The van der Waals surface area contributed by atoms with E-state index < -0.39 is 17.5 Å². The third-order valence-corrected chi connectivity index (χ3v) is 4.23. The highest BCUT2D eigenvalue weighted by atomic mass is 19.2. The summed E-state index contributed by atoms with van der Waals surface area (Å²) in [5.41, 5.74) is 0.179. The molecule has 1 aromatic rings. The van der Waals surface area contributed by atoms with Crippen LogP contribution in [0.2, 0.25) is 0 Å². The Morgan fingerprint density at radius 2 is 1.59 bits per heavy atom. The molecule has 1 aliphatic heterocycles. The SMILES string of the molecule is Cc1c(F)c(F)c(C(C)C)c(N2CC/C=C\CCCC2)c1F. The van der Waals surface area contributed by atoms with Crippen LogP contribution in [0.5, 0.6) is 0 Å². The second kappa shape index (κ2) is 7.21. The summed E-state index contributed by atoms with van der Waals surface area (Å²) >= 11 is 0. The van der Waals surface area contributed by atoms with Gasteiger partial charge in [-0.05, 0) is 38.5 Å². The van der Waals surface area contributed by atoms with Crippen LogP contribution < -0.4 is 4.90 Å². The van der Waals surface area contributed by atoms with E-state index in [0.29, 0.717) is 13.1 Å². The number of anilines is 1. The van der Waals surface area contributed by atoms with Crippen LogP contribution in [0.3, 0.4) is 0 Å². The highest BCUT2D eigenvalue weighted by molar-refractivity contribution is 5.59. The second-order valence-corrected chi connectivity index (χ2v) is 6.23. The van der Waals surface area contributed by atoms with Crippen molar-refractivity contribution in [1.29, 1.82) is 0 Å². The van der Waals surface area contributed by atoms with Crippen molar-refractivity contribution in [3.05, 3.63) is 40.7 Å². The molecule has 1 aromatic carbocycles. The average molecular weight is 311 g/mol. The maximum absolute atomic E-state index is 14.7. The van der Waals surface area contributed by atoms with Crippen LogP contribution in [-0.2, 0) is 0 Å². The van der Waals surface area contributed by atoms with Crippen molar-refractivity contribution in [2.24, 2.45) is 0 Å². The summed E-state index contributed by atoms with van der Waals surface area (Å²) in [6.07, 6.45) is 7.96. The van der Waals surface area contributed by atoms with Gasteiger partial charge in [-0.25, -0.2) is 13.2 Å². The van der Waals surface area contributed by atoms with E-state index in [0.717, 1.165) is 25.7 Å². The van der Waals surface area contributed by atoms with Crippen molar-refractivity contribution in [1.82, 2.24) is 0 Å². The fourth-order valence-corrected chi connectivity index (χ4v) is 2.98. The molecule has 0 aromatic heterocycles. The van der Waals surface area contributed by atoms with Crippen LogP contribution in [0.1, 0.15) is 56.6 Å². The highest BCUT2D eigenvalue weighted by Crippen LogP contribution is 2.37. The van der Waals surface area contributed by atoms with Crippen molar-refractivity contribution in [2.75, 3.05) is 18.0 Å². The Labute approximate surface area is 130 Å². The molecule has 4 heteroatoms. The first kappa shape index (κ1) is 16.9. The van der Waals surface area contributed by atoms with Crippen molar-refractivity contribution < 1.29 is 13.2 Å². The lowest BCUT2D eigenvalue weighted by Crippen LogP contribution is -2.29. The van der Waals surface area contributed by atoms with Gasteiger partial charge in [0.05, 0.1) is 5.69 Å². The monoisotopic (exact) mass is 311 g/mol. The minimum absolute atomic E-state index is 0.156. The maximum atomic E-state index is 14.7. The van der Waals surface area contributed by atoms with Gasteiger partial charge in [0.25, 0.3) is 0 Å². The molecular weight excluding hydrogens is 287 g/mol. The predicted molar refractivity (Wildman–Crippen MR) is 85.0 cm³/mol. The van der Waals surface area contributed by atoms with Crippen molar-refractivity contribution in [2.45, 2.75) is 52.4 Å². The molecule has 0 radical (unpaired) electrons. The average Bonchev–Trinajstić information content (AvgIpc) is 2.61. The van der Waals surface area contributed by atoms with Gasteiger partial charge in [0.2, 0.25) is 0 Å². The number of nitrogens with zero attached hydrogens (tertiary/aromatic N) is 1. The van der Waals surface area contributed by atoms with Gasteiger partial charge in [0.1, 0.15) is 0 Å². The summed E-state index contributed by atoms with van der Waals surface area (Å²) in [6, 6.07) is 0. The second-order valence-electron chi connectivity index (χ2n) is 6.23. The summed E-state index contributed by atoms with van der Waals surface area (Å²) in [7, 11) is 0. The summed E-state index contributed by atoms with van der Waals surface area (Å²) in [5.74, 6) is -2.86. The molecule has 122 valence electrons. The van der Waals surface area contributed by atoms with Crippen LogP contribution >= 0.6 is 0 Å². The van der Waals surface area contributed by atoms with E-state index in [4.69, 9.17) is 0 Å². The standard InChI is InChI=1S/C18H24F3N/c1-12(2)14-17(21)15(19)13(3)16(20)18(14)22-10-8-6-4-5-7-9-11-22/h4,6,12H,5,7-11H2,1-3H3/b6-4-. The van der Waals surface area contributed by atoms with Gasteiger partial charge in [-0.3, -0.25) is 0 Å². The number of benzene rings is 1. The molecule has 22 heavy (non-hydrogen) atoms. The molecule has 2 rings (SSSR count). The van der Waals surface area contributed by atoms with E-state index in [9.17, 15) is 13.2 Å². The van der Waals surface area contributed by atoms with Gasteiger partial charge in [-0.15, -0.1) is 0 Å². The first-order valence-corrected chi connectivity index (χ1v) is 8.02. The molecule has 0 saturated carbocycles. The molecule has 0 aliphatic carbocycles. The van der Waals surface area contributed by atoms with Crippen LogP contribution in [0.4, 0.5) is 18.9 Å². The molecule has 0 amide bonds. The van der Waals surface area contributed by atoms with Gasteiger partial charge in [-0.2, -0.15) is 0 Å². The Bertz CT molecular complexity index is 564. The zero-order valence-electron chi connectivity index (χ0n) is 13.6. The molecule has 0 atom stereocenters. The zero-order chi connectivity index (χ0) is 16.3. The zero-order valence-corrected chi connectivity index (χ0v) is 13.6. The number of allylic oxidation sites excluding steroid dienone is 1. The Morgan fingerprint density at radius 3 is 2.27 bits per heavy atom. The van der Waals surface area contributed by atoms with Crippen LogP contribution in [0.15, 0.2) is 12.2 Å². The predicted octanol–water partition coefficient (Wildman–Crippen LogP) is 5.47. The first-order valence-electron chi connectivity index (χ1n) is 8.02. The third-order valence-electron chi connectivity index (χ3n) is 4.23. The smallest absolute Gasteiger partial charge is 0.165 e. The quantitative estimate of drug-likeness (QED) is 0.517. The number of hydrogen-bond donors (Lipinski definition) is 0. The van der Waals surface area contributed by atoms with Crippen molar-refractivity contribution in [3.8, 4) is 0 Å². The van der Waals surface area contributed by atoms with Gasteiger partial charge in [-0.1, -0.05) is 26.0 Å². The van der Waals surface area contributed by atoms with Crippen molar-refractivity contribution in [3.63, 3.8) is 0 Å². The maximum Gasteiger partial charge on any atom is 0.165 e. The van der Waals surface area contributed by atoms with E-state index in [-0.39, 0.29) is 22.7 Å². The number of halogens is 3.